The summed E-state index contributed by atoms with van der Waals surface area (Å²) in [6.45, 7) is 0.0844. The molecule has 1 aliphatic heterocycles. The van der Waals surface area contributed by atoms with Gasteiger partial charge in [-0.1, -0.05) is 16.6 Å². The lowest BCUT2D eigenvalue weighted by atomic mass is 10.1. The van der Waals surface area contributed by atoms with Gasteiger partial charge in [-0.05, 0) is 23.7 Å². The van der Waals surface area contributed by atoms with Crippen molar-refractivity contribution in [2.24, 2.45) is 0 Å². The highest BCUT2D eigenvalue weighted by Crippen LogP contribution is 2.25. The number of hydrogen-bond acceptors (Lipinski definition) is 8. The van der Waals surface area contributed by atoms with E-state index >= 15 is 0 Å². The smallest absolute Gasteiger partial charge is 0.337 e. The maximum absolute atomic E-state index is 12.5. The summed E-state index contributed by atoms with van der Waals surface area (Å²) < 4.78 is 8.58. The third-order valence-corrected chi connectivity index (χ3v) is 4.27. The third kappa shape index (κ3) is 3.52. The summed E-state index contributed by atoms with van der Waals surface area (Å²) in [5.41, 5.74) is 2.75. The highest BCUT2D eigenvalue weighted by Gasteiger charge is 2.34. The Morgan fingerprint density at radius 1 is 1.40 bits per heavy atom. The van der Waals surface area contributed by atoms with Crippen LogP contribution >= 0.6 is 11.5 Å². The molecule has 25 heavy (non-hydrogen) atoms. The Kier molecular flexibility index (Phi) is 5.05. The quantitative estimate of drug-likeness (QED) is 0.737. The van der Waals surface area contributed by atoms with Gasteiger partial charge in [0.2, 0.25) is 0 Å². The number of β-amino-alcohol motifs (C(OH)–C–C–N with tert-alkyl or cyclic N) is 1. The molecule has 2 N–H and O–H groups in total. The summed E-state index contributed by atoms with van der Waals surface area (Å²) in [6.07, 6.45) is 0. The number of rotatable bonds is 6. The number of ether oxygens (including phenoxy) is 1. The van der Waals surface area contributed by atoms with Crippen molar-refractivity contribution >= 4 is 29.1 Å². The highest BCUT2D eigenvalue weighted by molar-refractivity contribution is 7.03. The second-order valence-electron chi connectivity index (χ2n) is 5.29. The van der Waals surface area contributed by atoms with Crippen molar-refractivity contribution < 1.29 is 19.4 Å². The number of aromatic nitrogens is 2. The van der Waals surface area contributed by atoms with Gasteiger partial charge >= 0.3 is 5.97 Å². The van der Waals surface area contributed by atoms with Crippen LogP contribution in [0.5, 0.6) is 0 Å². The molecule has 0 saturated carbocycles. The first-order valence-corrected chi connectivity index (χ1v) is 8.33. The summed E-state index contributed by atoms with van der Waals surface area (Å²) in [6, 6.07) is 7.28. The molecular weight excluding hydrogens is 344 g/mol. The summed E-state index contributed by atoms with van der Waals surface area (Å²) in [5, 5.41) is 17.9. The largest absolute Gasteiger partial charge is 0.466 e. The number of hydrogen-bond donors (Lipinski definition) is 2. The molecule has 1 aromatic carbocycles. The Balaban J connectivity index is 1.83. The SMILES string of the molecule is COC(=O)C1=C(Nc2ccc(-c3csnn3)cc2)C(=O)N(CCO)C1. The van der Waals surface area contributed by atoms with Crippen LogP contribution in [0.3, 0.4) is 0 Å². The number of nitrogens with zero attached hydrogens (tertiary/aromatic N) is 3. The standard InChI is InChI=1S/C16H16N4O4S/c1-24-16(23)12-8-20(6-7-21)15(22)14(12)17-11-4-2-10(3-5-11)13-9-25-19-18-13/h2-5,9,17,21H,6-8H2,1H3. The molecule has 0 bridgehead atoms. The zero-order valence-corrected chi connectivity index (χ0v) is 14.2. The topological polar surface area (TPSA) is 105 Å². The molecule has 0 radical (unpaired) electrons. The van der Waals surface area contributed by atoms with E-state index < -0.39 is 5.97 Å². The summed E-state index contributed by atoms with van der Waals surface area (Å²) in [7, 11) is 1.27. The third-order valence-electron chi connectivity index (χ3n) is 3.76. The van der Waals surface area contributed by atoms with Gasteiger partial charge in [0.15, 0.2) is 0 Å². The van der Waals surface area contributed by atoms with E-state index in [1.54, 1.807) is 12.1 Å². The number of aliphatic hydroxyl groups excluding tert-OH is 1. The van der Waals surface area contributed by atoms with E-state index in [1.807, 2.05) is 17.5 Å². The fourth-order valence-corrected chi connectivity index (χ4v) is 2.97. The molecule has 1 aliphatic rings. The molecule has 0 saturated heterocycles. The fraction of sp³-hybridized carbons (Fsp3) is 0.250. The Morgan fingerprint density at radius 2 is 2.16 bits per heavy atom. The number of methoxy groups -OCH3 is 1. The first-order valence-electron chi connectivity index (χ1n) is 7.50. The Labute approximate surface area is 147 Å². The molecule has 130 valence electrons. The van der Waals surface area contributed by atoms with Crippen LogP contribution in [0.4, 0.5) is 5.69 Å². The van der Waals surface area contributed by atoms with E-state index in [-0.39, 0.29) is 36.9 Å². The Hall–Kier alpha value is -2.78. The first-order chi connectivity index (χ1) is 12.1. The van der Waals surface area contributed by atoms with E-state index in [9.17, 15) is 9.59 Å². The molecule has 2 heterocycles. The predicted octanol–water partition coefficient (Wildman–Crippen LogP) is 0.879. The second-order valence-corrected chi connectivity index (χ2v) is 5.90. The van der Waals surface area contributed by atoms with Crippen molar-refractivity contribution in [1.29, 1.82) is 0 Å². The number of carbonyl (C=O) groups is 2. The van der Waals surface area contributed by atoms with E-state index in [2.05, 4.69) is 14.9 Å². The van der Waals surface area contributed by atoms with Crippen LogP contribution < -0.4 is 5.32 Å². The number of aliphatic hydroxyl groups is 1. The Morgan fingerprint density at radius 3 is 2.76 bits per heavy atom. The van der Waals surface area contributed by atoms with Crippen molar-refractivity contribution in [2.45, 2.75) is 0 Å². The number of nitrogens with one attached hydrogen (secondary N) is 1. The molecule has 0 fully saturated rings. The zero-order chi connectivity index (χ0) is 17.8. The molecule has 8 nitrogen and oxygen atoms in total. The number of amides is 1. The molecule has 1 amide bonds. The normalized spacial score (nSPS) is 14.2. The monoisotopic (exact) mass is 360 g/mol. The van der Waals surface area contributed by atoms with Crippen LogP contribution in [0.2, 0.25) is 0 Å². The van der Waals surface area contributed by atoms with E-state index in [1.165, 1.54) is 23.5 Å². The molecule has 0 aliphatic carbocycles. The molecule has 9 heteroatoms. The fourth-order valence-electron chi connectivity index (χ4n) is 2.51. The van der Waals surface area contributed by atoms with E-state index in [0.29, 0.717) is 5.69 Å². The maximum Gasteiger partial charge on any atom is 0.337 e. The number of carbonyl (C=O) groups excluding carboxylic acids is 2. The van der Waals surface area contributed by atoms with Crippen LogP contribution in [0.1, 0.15) is 0 Å². The predicted molar refractivity (Wildman–Crippen MR) is 91.7 cm³/mol. The zero-order valence-electron chi connectivity index (χ0n) is 13.4. The minimum absolute atomic E-state index is 0.108. The molecule has 0 atom stereocenters. The molecule has 3 rings (SSSR count). The van der Waals surface area contributed by atoms with Gasteiger partial charge < -0.3 is 20.1 Å². The van der Waals surface area contributed by atoms with Crippen molar-refractivity contribution in [3.05, 3.63) is 40.9 Å². The van der Waals surface area contributed by atoms with Gasteiger partial charge in [0.25, 0.3) is 5.91 Å². The summed E-state index contributed by atoms with van der Waals surface area (Å²) in [5.74, 6) is -0.913. The number of benzene rings is 1. The molecule has 0 unspecified atom stereocenters. The van der Waals surface area contributed by atoms with Crippen molar-refractivity contribution in [1.82, 2.24) is 14.5 Å². The lowest BCUT2D eigenvalue weighted by Gasteiger charge is -2.15. The van der Waals surface area contributed by atoms with Crippen LogP contribution in [0.15, 0.2) is 40.9 Å². The molecule has 1 aromatic heterocycles. The number of anilines is 1. The number of esters is 1. The minimum Gasteiger partial charge on any atom is -0.466 e. The average Bonchev–Trinajstić information content (AvgIpc) is 3.26. The molecule has 0 spiro atoms. The van der Waals surface area contributed by atoms with E-state index in [4.69, 9.17) is 9.84 Å². The summed E-state index contributed by atoms with van der Waals surface area (Å²) >= 11 is 1.27. The van der Waals surface area contributed by atoms with E-state index in [0.717, 1.165) is 11.3 Å². The second kappa shape index (κ2) is 7.41. The highest BCUT2D eigenvalue weighted by atomic mass is 32.1. The van der Waals surface area contributed by atoms with Gasteiger partial charge in [-0.25, -0.2) is 4.79 Å². The minimum atomic E-state index is -0.568. The molecular formula is C16H16N4O4S. The van der Waals surface area contributed by atoms with Crippen LogP contribution in [0.25, 0.3) is 11.3 Å². The lowest BCUT2D eigenvalue weighted by Crippen LogP contribution is -2.31. The van der Waals surface area contributed by atoms with Gasteiger partial charge in [-0.2, -0.15) is 0 Å². The van der Waals surface area contributed by atoms with Gasteiger partial charge in [-0.15, -0.1) is 5.10 Å². The van der Waals surface area contributed by atoms with Gasteiger partial charge in [0, 0.05) is 23.2 Å². The first kappa shape index (κ1) is 17.1. The van der Waals surface area contributed by atoms with Gasteiger partial charge in [-0.3, -0.25) is 4.79 Å². The lowest BCUT2D eigenvalue weighted by molar-refractivity contribution is -0.136. The van der Waals surface area contributed by atoms with Crippen molar-refractivity contribution in [2.75, 3.05) is 32.1 Å². The average molecular weight is 360 g/mol. The summed E-state index contributed by atoms with van der Waals surface area (Å²) in [4.78, 5) is 25.8. The van der Waals surface area contributed by atoms with Gasteiger partial charge in [0.1, 0.15) is 11.4 Å². The van der Waals surface area contributed by atoms with Crippen LogP contribution in [0, 0.1) is 0 Å². The van der Waals surface area contributed by atoms with Crippen LogP contribution in [-0.4, -0.2) is 58.3 Å². The van der Waals surface area contributed by atoms with Crippen LogP contribution in [-0.2, 0) is 14.3 Å². The van der Waals surface area contributed by atoms with Gasteiger partial charge in [0.05, 0.1) is 25.8 Å². The van der Waals surface area contributed by atoms with Crippen molar-refractivity contribution in [3.8, 4) is 11.3 Å². The molecule has 2 aromatic rings. The maximum atomic E-state index is 12.5. The Bertz CT molecular complexity index is 802. The van der Waals surface area contributed by atoms with Crippen molar-refractivity contribution in [3.63, 3.8) is 0 Å².